The smallest absolute Gasteiger partial charge is 0.307 e. The first-order valence-corrected chi connectivity index (χ1v) is 7.15. The minimum absolute atomic E-state index is 0.306. The summed E-state index contributed by atoms with van der Waals surface area (Å²) in [5, 5.41) is 6.12. The summed E-state index contributed by atoms with van der Waals surface area (Å²) in [6.45, 7) is 6.96. The molecular weight excluding hydrogens is 304 g/mol. The van der Waals surface area contributed by atoms with Gasteiger partial charge in [0.1, 0.15) is 6.26 Å². The monoisotopic (exact) mass is 320 g/mol. The summed E-state index contributed by atoms with van der Waals surface area (Å²) >= 11 is 5.84. The number of amides is 1. The third kappa shape index (κ3) is 3.04. The highest BCUT2D eigenvalue weighted by atomic mass is 35.5. The van der Waals surface area contributed by atoms with Gasteiger partial charge < -0.3 is 4.74 Å². The van der Waals surface area contributed by atoms with Crippen LogP contribution in [0.4, 0.5) is 0 Å². The van der Waals surface area contributed by atoms with Crippen molar-refractivity contribution in [2.45, 2.75) is 27.7 Å². The SMILES string of the molecule is CC(=O)O/C=C1/N(C(=O)c2ccc(Cl)cc2)N=C(C)C1(C)C. The van der Waals surface area contributed by atoms with E-state index in [9.17, 15) is 9.59 Å². The fraction of sp³-hybridized carbons (Fsp3) is 0.312. The summed E-state index contributed by atoms with van der Waals surface area (Å²) < 4.78 is 4.96. The maximum Gasteiger partial charge on any atom is 0.307 e. The van der Waals surface area contributed by atoms with E-state index in [2.05, 4.69) is 5.10 Å². The molecule has 1 aliphatic rings. The van der Waals surface area contributed by atoms with Gasteiger partial charge in [-0.25, -0.2) is 0 Å². The molecule has 0 spiro atoms. The highest BCUT2D eigenvalue weighted by Crippen LogP contribution is 2.38. The van der Waals surface area contributed by atoms with Crippen molar-refractivity contribution in [3.05, 3.63) is 46.8 Å². The third-order valence-electron chi connectivity index (χ3n) is 3.64. The molecule has 0 N–H and O–H groups in total. The van der Waals surface area contributed by atoms with E-state index in [4.69, 9.17) is 16.3 Å². The number of esters is 1. The molecule has 0 saturated carbocycles. The van der Waals surface area contributed by atoms with E-state index < -0.39 is 11.4 Å². The molecule has 22 heavy (non-hydrogen) atoms. The van der Waals surface area contributed by atoms with Gasteiger partial charge in [0, 0.05) is 23.2 Å². The number of allylic oxidation sites excluding steroid dienone is 1. The minimum Gasteiger partial charge on any atom is -0.433 e. The van der Waals surface area contributed by atoms with Crippen molar-refractivity contribution in [1.29, 1.82) is 0 Å². The molecule has 1 amide bonds. The third-order valence-corrected chi connectivity index (χ3v) is 3.90. The normalized spacial score (nSPS) is 18.3. The Morgan fingerprint density at radius 1 is 1.27 bits per heavy atom. The number of nitrogens with zero attached hydrogens (tertiary/aromatic N) is 2. The molecule has 1 aromatic carbocycles. The van der Waals surface area contributed by atoms with Crippen LogP contribution in [0.15, 0.2) is 41.3 Å². The summed E-state index contributed by atoms with van der Waals surface area (Å²) in [5.74, 6) is -0.758. The molecular formula is C16H17ClN2O3. The van der Waals surface area contributed by atoms with E-state index in [0.29, 0.717) is 16.3 Å². The topological polar surface area (TPSA) is 59.0 Å². The molecule has 0 fully saturated rings. The zero-order valence-corrected chi connectivity index (χ0v) is 13.6. The van der Waals surface area contributed by atoms with Crippen LogP contribution < -0.4 is 0 Å². The number of halogens is 1. The van der Waals surface area contributed by atoms with Crippen LogP contribution >= 0.6 is 11.6 Å². The molecule has 5 nitrogen and oxygen atoms in total. The Labute approximate surface area is 134 Å². The predicted octanol–water partition coefficient (Wildman–Crippen LogP) is 3.60. The molecule has 0 unspecified atom stereocenters. The van der Waals surface area contributed by atoms with E-state index in [1.807, 2.05) is 20.8 Å². The Morgan fingerprint density at radius 2 is 1.86 bits per heavy atom. The van der Waals surface area contributed by atoms with Crippen molar-refractivity contribution in [1.82, 2.24) is 5.01 Å². The van der Waals surface area contributed by atoms with Crippen LogP contribution in [0, 0.1) is 5.41 Å². The van der Waals surface area contributed by atoms with Crippen molar-refractivity contribution < 1.29 is 14.3 Å². The summed E-state index contributed by atoms with van der Waals surface area (Å²) in [4.78, 5) is 23.7. The second kappa shape index (κ2) is 5.93. The number of rotatable bonds is 2. The standard InChI is InChI=1S/C16H17ClN2O3/c1-10-16(3,4)14(9-22-11(2)20)19(18-10)15(21)12-5-7-13(17)8-6-12/h5-9H,1-4H3/b14-9+. The molecule has 0 aromatic heterocycles. The molecule has 0 bridgehead atoms. The largest absolute Gasteiger partial charge is 0.433 e. The second-order valence-electron chi connectivity index (χ2n) is 5.55. The number of benzene rings is 1. The molecule has 1 aliphatic heterocycles. The molecule has 1 aromatic rings. The first-order valence-electron chi connectivity index (χ1n) is 6.77. The molecule has 6 heteroatoms. The summed E-state index contributed by atoms with van der Waals surface area (Å²) in [7, 11) is 0. The van der Waals surface area contributed by atoms with Gasteiger partial charge in [0.05, 0.1) is 11.1 Å². The van der Waals surface area contributed by atoms with Crippen LogP contribution in [-0.2, 0) is 9.53 Å². The van der Waals surface area contributed by atoms with Crippen LogP contribution in [0.5, 0.6) is 0 Å². The molecule has 0 saturated heterocycles. The van der Waals surface area contributed by atoms with E-state index in [1.165, 1.54) is 18.2 Å². The lowest BCUT2D eigenvalue weighted by atomic mass is 9.86. The number of carbonyl (C=O) groups is 2. The lowest BCUT2D eigenvalue weighted by Gasteiger charge is -2.23. The summed E-state index contributed by atoms with van der Waals surface area (Å²) in [6, 6.07) is 6.54. The molecule has 0 atom stereocenters. The van der Waals surface area contributed by atoms with E-state index in [1.54, 1.807) is 24.3 Å². The van der Waals surface area contributed by atoms with Crippen LogP contribution in [0.1, 0.15) is 38.1 Å². The Morgan fingerprint density at radius 3 is 2.41 bits per heavy atom. The quantitative estimate of drug-likeness (QED) is 0.618. The number of carbonyl (C=O) groups excluding carboxylic acids is 2. The molecule has 116 valence electrons. The van der Waals surface area contributed by atoms with Gasteiger partial charge >= 0.3 is 5.97 Å². The summed E-state index contributed by atoms with van der Waals surface area (Å²) in [6.07, 6.45) is 1.29. The average Bonchev–Trinajstić information content (AvgIpc) is 2.67. The Bertz CT molecular complexity index is 675. The Kier molecular flexibility index (Phi) is 4.37. The highest BCUT2D eigenvalue weighted by Gasteiger charge is 2.40. The zero-order chi connectivity index (χ0) is 16.5. The number of hydrogen-bond acceptors (Lipinski definition) is 4. The first-order chi connectivity index (χ1) is 10.2. The lowest BCUT2D eigenvalue weighted by Crippen LogP contribution is -2.29. The van der Waals surface area contributed by atoms with Gasteiger partial charge in [0.25, 0.3) is 5.91 Å². The first kappa shape index (κ1) is 16.2. The van der Waals surface area contributed by atoms with Crippen LogP contribution in [0.25, 0.3) is 0 Å². The fourth-order valence-corrected chi connectivity index (χ4v) is 2.11. The van der Waals surface area contributed by atoms with E-state index in [0.717, 1.165) is 5.71 Å². The van der Waals surface area contributed by atoms with Gasteiger partial charge in [-0.3, -0.25) is 9.59 Å². The van der Waals surface area contributed by atoms with Crippen LogP contribution in [-0.4, -0.2) is 22.6 Å². The van der Waals surface area contributed by atoms with E-state index >= 15 is 0 Å². The van der Waals surface area contributed by atoms with Crippen molar-refractivity contribution in [2.24, 2.45) is 10.5 Å². The van der Waals surface area contributed by atoms with Gasteiger partial charge in [-0.15, -0.1) is 0 Å². The second-order valence-corrected chi connectivity index (χ2v) is 5.98. The number of hydrazone groups is 1. The van der Waals surface area contributed by atoms with E-state index in [-0.39, 0.29) is 5.91 Å². The van der Waals surface area contributed by atoms with Gasteiger partial charge in [0.15, 0.2) is 0 Å². The van der Waals surface area contributed by atoms with Crippen molar-refractivity contribution in [3.8, 4) is 0 Å². The minimum atomic E-state index is -0.502. The molecule has 1 heterocycles. The van der Waals surface area contributed by atoms with Crippen LogP contribution in [0.2, 0.25) is 5.02 Å². The lowest BCUT2D eigenvalue weighted by molar-refractivity contribution is -0.135. The van der Waals surface area contributed by atoms with Crippen molar-refractivity contribution in [3.63, 3.8) is 0 Å². The maximum absolute atomic E-state index is 12.6. The van der Waals surface area contributed by atoms with Gasteiger partial charge in [-0.2, -0.15) is 10.1 Å². The maximum atomic E-state index is 12.6. The molecule has 0 aliphatic carbocycles. The van der Waals surface area contributed by atoms with Gasteiger partial charge in [-0.05, 0) is 45.0 Å². The number of hydrogen-bond donors (Lipinski definition) is 0. The van der Waals surface area contributed by atoms with Crippen molar-refractivity contribution in [2.75, 3.05) is 0 Å². The predicted molar refractivity (Wildman–Crippen MR) is 84.4 cm³/mol. The average molecular weight is 321 g/mol. The van der Waals surface area contributed by atoms with Crippen LogP contribution in [0.3, 0.4) is 0 Å². The number of ether oxygens (including phenoxy) is 1. The summed E-state index contributed by atoms with van der Waals surface area (Å²) in [5.41, 5.74) is 1.22. The highest BCUT2D eigenvalue weighted by molar-refractivity contribution is 6.30. The molecule has 0 radical (unpaired) electrons. The Balaban J connectivity index is 2.38. The Hall–Kier alpha value is -2.14. The zero-order valence-electron chi connectivity index (χ0n) is 12.9. The fourth-order valence-electron chi connectivity index (χ4n) is 1.98. The van der Waals surface area contributed by atoms with Gasteiger partial charge in [-0.1, -0.05) is 11.6 Å². The molecule has 2 rings (SSSR count). The van der Waals surface area contributed by atoms with Gasteiger partial charge in [0.2, 0.25) is 0 Å². The van der Waals surface area contributed by atoms with Crippen molar-refractivity contribution >= 4 is 29.2 Å².